The molecule has 0 bridgehead atoms. The fraction of sp³-hybridized carbons (Fsp3) is 0.467. The first-order valence-corrected chi connectivity index (χ1v) is 8.38. The minimum Gasteiger partial charge on any atom is -0.313 e. The molecule has 1 atom stereocenters. The summed E-state index contributed by atoms with van der Waals surface area (Å²) < 4.78 is 1.11. The Morgan fingerprint density at radius 1 is 1.40 bits per heavy atom. The van der Waals surface area contributed by atoms with Gasteiger partial charge in [0.05, 0.1) is 8.66 Å². The molecule has 0 aromatic carbocycles. The second kappa shape index (κ2) is 5.20. The molecule has 1 N–H and O–H groups in total. The first kappa shape index (κ1) is 14.2. The average Bonchev–Trinajstić information content (AvgIpc) is 2.82. The van der Waals surface area contributed by atoms with E-state index in [1.165, 1.54) is 11.3 Å². The quantitative estimate of drug-likeness (QED) is 0.880. The number of thiophene rings is 1. The molecule has 1 aliphatic carbocycles. The van der Waals surface area contributed by atoms with Crippen LogP contribution in [0.25, 0.3) is 10.7 Å². The van der Waals surface area contributed by atoms with Gasteiger partial charge in [0.1, 0.15) is 0 Å². The number of nitrogens with zero attached hydrogens (tertiary/aromatic N) is 2. The Balaban J connectivity index is 2.04. The average molecular weight is 352 g/mol. The lowest BCUT2D eigenvalue weighted by Crippen LogP contribution is -2.32. The van der Waals surface area contributed by atoms with Crippen LogP contribution < -0.4 is 5.32 Å². The van der Waals surface area contributed by atoms with E-state index >= 15 is 0 Å². The second-order valence-corrected chi connectivity index (χ2v) is 8.55. The lowest BCUT2D eigenvalue weighted by atomic mass is 9.74. The summed E-state index contributed by atoms with van der Waals surface area (Å²) in [5.74, 6) is 0.840. The fourth-order valence-corrected chi connectivity index (χ4v) is 4.19. The highest BCUT2D eigenvalue weighted by atomic mass is 79.9. The molecule has 0 fully saturated rings. The van der Waals surface area contributed by atoms with Gasteiger partial charge in [-0.05, 0) is 53.4 Å². The molecule has 3 nitrogen and oxygen atoms in total. The van der Waals surface area contributed by atoms with E-state index in [1.807, 2.05) is 19.3 Å². The van der Waals surface area contributed by atoms with Crippen LogP contribution in [0.3, 0.4) is 0 Å². The van der Waals surface area contributed by atoms with Gasteiger partial charge in [0.15, 0.2) is 5.82 Å². The van der Waals surface area contributed by atoms with Gasteiger partial charge < -0.3 is 5.32 Å². The summed E-state index contributed by atoms with van der Waals surface area (Å²) in [6.07, 6.45) is 4.15. The van der Waals surface area contributed by atoms with Gasteiger partial charge in [0.2, 0.25) is 0 Å². The van der Waals surface area contributed by atoms with Gasteiger partial charge >= 0.3 is 0 Å². The zero-order valence-corrected chi connectivity index (χ0v) is 14.3. The third-order valence-electron chi connectivity index (χ3n) is 3.82. The Bertz CT molecular complexity index is 636. The highest BCUT2D eigenvalue weighted by Crippen LogP contribution is 2.40. The van der Waals surface area contributed by atoms with E-state index in [0.29, 0.717) is 6.04 Å². The van der Waals surface area contributed by atoms with Crippen LogP contribution >= 0.6 is 27.3 Å². The van der Waals surface area contributed by atoms with Crippen LogP contribution in [0.2, 0.25) is 0 Å². The number of rotatable bonds is 2. The monoisotopic (exact) mass is 351 g/mol. The molecule has 5 heteroatoms. The second-order valence-electron chi connectivity index (χ2n) is 6.09. The van der Waals surface area contributed by atoms with Gasteiger partial charge in [-0.15, -0.1) is 11.3 Å². The summed E-state index contributed by atoms with van der Waals surface area (Å²) >= 11 is 5.17. The molecule has 2 aromatic rings. The van der Waals surface area contributed by atoms with Crippen molar-refractivity contribution in [3.63, 3.8) is 0 Å². The topological polar surface area (TPSA) is 37.8 Å². The molecule has 0 amide bonds. The van der Waals surface area contributed by atoms with Crippen molar-refractivity contribution in [3.05, 3.63) is 33.4 Å². The first-order valence-electron chi connectivity index (χ1n) is 6.77. The summed E-state index contributed by atoms with van der Waals surface area (Å²) in [5, 5.41) is 3.39. The summed E-state index contributed by atoms with van der Waals surface area (Å²) in [5.41, 5.74) is 2.73. The van der Waals surface area contributed by atoms with Gasteiger partial charge in [0.25, 0.3) is 0 Å². The van der Waals surface area contributed by atoms with E-state index in [1.54, 1.807) is 11.3 Å². The van der Waals surface area contributed by atoms with Crippen molar-refractivity contribution in [3.8, 4) is 10.7 Å². The number of aromatic nitrogens is 2. The summed E-state index contributed by atoms with van der Waals surface area (Å²) in [7, 11) is 2.01. The number of hydrogen-bond donors (Lipinski definition) is 1. The molecule has 0 spiro atoms. The SMILES string of the molecule is CNC1CC(C)(C)Cc2nc(-c3ccc(Br)s3)ncc21. The van der Waals surface area contributed by atoms with E-state index in [-0.39, 0.29) is 5.41 Å². The molecule has 20 heavy (non-hydrogen) atoms. The molecule has 2 aromatic heterocycles. The predicted molar refractivity (Wildman–Crippen MR) is 86.9 cm³/mol. The number of hydrogen-bond acceptors (Lipinski definition) is 4. The largest absolute Gasteiger partial charge is 0.313 e. The van der Waals surface area contributed by atoms with Gasteiger partial charge in [-0.1, -0.05) is 13.8 Å². The maximum Gasteiger partial charge on any atom is 0.169 e. The van der Waals surface area contributed by atoms with Crippen LogP contribution in [-0.2, 0) is 6.42 Å². The normalized spacial score (nSPS) is 20.7. The predicted octanol–water partition coefficient (Wildman–Crippen LogP) is 4.20. The van der Waals surface area contributed by atoms with E-state index in [4.69, 9.17) is 4.98 Å². The van der Waals surface area contributed by atoms with E-state index in [2.05, 4.69) is 46.1 Å². The molecule has 0 radical (unpaired) electrons. The van der Waals surface area contributed by atoms with Gasteiger partial charge in [0, 0.05) is 23.5 Å². The molecule has 2 heterocycles. The van der Waals surface area contributed by atoms with Crippen molar-refractivity contribution in [2.24, 2.45) is 5.41 Å². The van der Waals surface area contributed by atoms with Crippen molar-refractivity contribution in [1.82, 2.24) is 15.3 Å². The number of fused-ring (bicyclic) bond motifs is 1. The van der Waals surface area contributed by atoms with Crippen LogP contribution in [0.5, 0.6) is 0 Å². The Hall–Kier alpha value is -0.780. The van der Waals surface area contributed by atoms with E-state index in [9.17, 15) is 0 Å². The third kappa shape index (κ3) is 2.67. The maximum atomic E-state index is 4.83. The van der Waals surface area contributed by atoms with Gasteiger partial charge in [-0.25, -0.2) is 9.97 Å². The Morgan fingerprint density at radius 2 is 2.20 bits per heavy atom. The number of nitrogens with one attached hydrogen (secondary N) is 1. The number of halogens is 1. The first-order chi connectivity index (χ1) is 9.48. The lowest BCUT2D eigenvalue weighted by Gasteiger charge is -2.36. The van der Waals surface area contributed by atoms with Crippen LogP contribution in [0.1, 0.15) is 37.6 Å². The van der Waals surface area contributed by atoms with E-state index < -0.39 is 0 Å². The van der Waals surface area contributed by atoms with Crippen molar-refractivity contribution in [1.29, 1.82) is 0 Å². The minimum absolute atomic E-state index is 0.280. The Labute approximate surface area is 132 Å². The van der Waals surface area contributed by atoms with Crippen LogP contribution in [0.4, 0.5) is 0 Å². The summed E-state index contributed by atoms with van der Waals surface area (Å²) in [6, 6.07) is 4.47. The molecular weight excluding hydrogens is 334 g/mol. The Kier molecular flexibility index (Phi) is 3.69. The molecule has 106 valence electrons. The van der Waals surface area contributed by atoms with Crippen molar-refractivity contribution >= 4 is 27.3 Å². The molecule has 3 rings (SSSR count). The van der Waals surface area contributed by atoms with Crippen molar-refractivity contribution < 1.29 is 0 Å². The highest BCUT2D eigenvalue weighted by Gasteiger charge is 2.32. The van der Waals surface area contributed by atoms with Gasteiger partial charge in [-0.2, -0.15) is 0 Å². The van der Waals surface area contributed by atoms with Crippen LogP contribution in [0.15, 0.2) is 22.1 Å². The van der Waals surface area contributed by atoms with E-state index in [0.717, 1.165) is 27.3 Å². The Morgan fingerprint density at radius 3 is 2.85 bits per heavy atom. The fourth-order valence-electron chi connectivity index (χ4n) is 2.86. The molecule has 1 unspecified atom stereocenters. The molecule has 0 aliphatic heterocycles. The molecule has 0 saturated carbocycles. The summed E-state index contributed by atoms with van der Waals surface area (Å²) in [6.45, 7) is 4.62. The smallest absolute Gasteiger partial charge is 0.169 e. The lowest BCUT2D eigenvalue weighted by molar-refractivity contribution is 0.260. The van der Waals surface area contributed by atoms with Crippen LogP contribution in [0, 0.1) is 5.41 Å². The molecular formula is C15H18BrN3S. The van der Waals surface area contributed by atoms with Gasteiger partial charge in [-0.3, -0.25) is 0 Å². The highest BCUT2D eigenvalue weighted by molar-refractivity contribution is 9.11. The molecule has 1 aliphatic rings. The third-order valence-corrected chi connectivity index (χ3v) is 5.44. The standard InChI is InChI=1S/C15H18BrN3S/c1-15(2)6-10(17-3)9-8-18-14(19-11(9)7-15)12-4-5-13(16)20-12/h4-5,8,10,17H,6-7H2,1-3H3. The van der Waals surface area contributed by atoms with Crippen LogP contribution in [-0.4, -0.2) is 17.0 Å². The van der Waals surface area contributed by atoms with Crippen molar-refractivity contribution in [2.75, 3.05) is 7.05 Å². The van der Waals surface area contributed by atoms with Crippen molar-refractivity contribution in [2.45, 2.75) is 32.7 Å². The minimum atomic E-state index is 0.280. The zero-order valence-electron chi connectivity index (χ0n) is 11.9. The zero-order chi connectivity index (χ0) is 14.3. The molecule has 0 saturated heterocycles. The summed E-state index contributed by atoms with van der Waals surface area (Å²) in [4.78, 5) is 10.5. The maximum absolute atomic E-state index is 4.83.